The molecule has 0 aliphatic rings. The van der Waals surface area contributed by atoms with Gasteiger partial charge in [-0.25, -0.2) is 8.78 Å². The van der Waals surface area contributed by atoms with Crippen molar-refractivity contribution in [3.05, 3.63) is 59.2 Å². The van der Waals surface area contributed by atoms with Crippen LogP contribution in [0.1, 0.15) is 30.5 Å². The molecule has 2 nitrogen and oxygen atoms in total. The van der Waals surface area contributed by atoms with Crippen LogP contribution in [0.4, 0.5) is 14.5 Å². The van der Waals surface area contributed by atoms with Crippen molar-refractivity contribution in [2.24, 2.45) is 0 Å². The smallest absolute Gasteiger partial charge is 0.146 e. The third kappa shape index (κ3) is 3.32. The summed E-state index contributed by atoms with van der Waals surface area (Å²) in [6.07, 6.45) is 0.718. The second-order valence-electron chi connectivity index (χ2n) is 4.93. The first-order valence-corrected chi connectivity index (χ1v) is 6.92. The standard InChI is InChI=1S/C17H19F2NO/c1-4-15(12-7-5-6-8-17(12)21-3)20-16-10-13(18)11(2)9-14(16)19/h5-10,15,20H,4H2,1-3H3. The summed E-state index contributed by atoms with van der Waals surface area (Å²) in [5.41, 5.74) is 1.38. The molecular weight excluding hydrogens is 272 g/mol. The second-order valence-corrected chi connectivity index (χ2v) is 4.93. The first kappa shape index (κ1) is 15.3. The minimum Gasteiger partial charge on any atom is -0.496 e. The van der Waals surface area contributed by atoms with E-state index in [0.717, 1.165) is 17.7 Å². The SMILES string of the molecule is CCC(Nc1cc(F)c(C)cc1F)c1ccccc1OC. The average Bonchev–Trinajstić information content (AvgIpc) is 2.49. The molecule has 1 atom stereocenters. The molecular formula is C17H19F2NO. The predicted octanol–water partition coefficient (Wildman–Crippen LogP) is 4.85. The fourth-order valence-corrected chi connectivity index (χ4v) is 2.30. The maximum absolute atomic E-state index is 14.0. The van der Waals surface area contributed by atoms with Gasteiger partial charge in [0.05, 0.1) is 18.8 Å². The Bertz CT molecular complexity index is 628. The van der Waals surface area contributed by atoms with Crippen LogP contribution in [0.25, 0.3) is 0 Å². The number of hydrogen-bond donors (Lipinski definition) is 1. The highest BCUT2D eigenvalue weighted by Gasteiger charge is 2.16. The van der Waals surface area contributed by atoms with Gasteiger partial charge in [0, 0.05) is 11.6 Å². The van der Waals surface area contributed by atoms with Gasteiger partial charge in [0.1, 0.15) is 17.4 Å². The Morgan fingerprint density at radius 1 is 1.14 bits per heavy atom. The molecule has 4 heteroatoms. The topological polar surface area (TPSA) is 21.3 Å². The zero-order valence-electron chi connectivity index (χ0n) is 12.4. The van der Waals surface area contributed by atoms with Crippen molar-refractivity contribution in [3.63, 3.8) is 0 Å². The van der Waals surface area contributed by atoms with Crippen LogP contribution in [0.15, 0.2) is 36.4 Å². The molecule has 2 aromatic carbocycles. The molecule has 0 bridgehead atoms. The first-order valence-electron chi connectivity index (χ1n) is 6.92. The molecule has 2 aromatic rings. The second kappa shape index (κ2) is 6.57. The van der Waals surface area contributed by atoms with Gasteiger partial charge in [-0.3, -0.25) is 0 Å². The van der Waals surface area contributed by atoms with Crippen LogP contribution in [-0.4, -0.2) is 7.11 Å². The molecule has 112 valence electrons. The lowest BCUT2D eigenvalue weighted by molar-refractivity contribution is 0.406. The van der Waals surface area contributed by atoms with Gasteiger partial charge < -0.3 is 10.1 Å². The highest BCUT2D eigenvalue weighted by atomic mass is 19.1. The fraction of sp³-hybridized carbons (Fsp3) is 0.294. The Balaban J connectivity index is 2.33. The number of aryl methyl sites for hydroxylation is 1. The summed E-state index contributed by atoms with van der Waals surface area (Å²) in [5.74, 6) is -0.152. The molecule has 0 heterocycles. The Kier molecular flexibility index (Phi) is 4.78. The number of hydrogen-bond acceptors (Lipinski definition) is 2. The molecule has 2 rings (SSSR count). The van der Waals surface area contributed by atoms with Gasteiger partial charge in [-0.2, -0.15) is 0 Å². The van der Waals surface area contributed by atoms with E-state index in [4.69, 9.17) is 4.74 Å². The highest BCUT2D eigenvalue weighted by molar-refractivity contribution is 5.50. The van der Waals surface area contributed by atoms with Crippen molar-refractivity contribution in [2.75, 3.05) is 12.4 Å². The lowest BCUT2D eigenvalue weighted by Gasteiger charge is -2.21. The Hall–Kier alpha value is -2.10. The summed E-state index contributed by atoms with van der Waals surface area (Å²) >= 11 is 0. The van der Waals surface area contributed by atoms with E-state index >= 15 is 0 Å². The number of methoxy groups -OCH3 is 1. The third-order valence-electron chi connectivity index (χ3n) is 3.50. The van der Waals surface area contributed by atoms with E-state index in [2.05, 4.69) is 5.32 Å². The number of halogens is 2. The molecule has 0 aliphatic heterocycles. The van der Waals surface area contributed by atoms with Gasteiger partial charge in [0.25, 0.3) is 0 Å². The zero-order valence-corrected chi connectivity index (χ0v) is 12.4. The van der Waals surface area contributed by atoms with Crippen molar-refractivity contribution >= 4 is 5.69 Å². The number of rotatable bonds is 5. The summed E-state index contributed by atoms with van der Waals surface area (Å²) in [7, 11) is 1.59. The molecule has 0 spiro atoms. The number of ether oxygens (including phenoxy) is 1. The van der Waals surface area contributed by atoms with Crippen molar-refractivity contribution in [1.29, 1.82) is 0 Å². The number of benzene rings is 2. The molecule has 0 saturated heterocycles. The Morgan fingerprint density at radius 3 is 2.52 bits per heavy atom. The minimum absolute atomic E-state index is 0.155. The first-order chi connectivity index (χ1) is 10.1. The molecule has 0 aromatic heterocycles. The Morgan fingerprint density at radius 2 is 1.86 bits per heavy atom. The van der Waals surface area contributed by atoms with Gasteiger partial charge in [0.2, 0.25) is 0 Å². The van der Waals surface area contributed by atoms with Gasteiger partial charge in [-0.05, 0) is 31.0 Å². The maximum Gasteiger partial charge on any atom is 0.146 e. The zero-order chi connectivity index (χ0) is 15.4. The van der Waals surface area contributed by atoms with Crippen molar-refractivity contribution in [3.8, 4) is 5.75 Å². The molecule has 0 radical (unpaired) electrons. The average molecular weight is 291 g/mol. The predicted molar refractivity (Wildman–Crippen MR) is 80.7 cm³/mol. The van der Waals surface area contributed by atoms with E-state index < -0.39 is 11.6 Å². The van der Waals surface area contributed by atoms with E-state index in [0.29, 0.717) is 5.56 Å². The summed E-state index contributed by atoms with van der Waals surface area (Å²) in [5, 5.41) is 3.06. The van der Waals surface area contributed by atoms with E-state index in [1.165, 1.54) is 12.1 Å². The van der Waals surface area contributed by atoms with E-state index in [9.17, 15) is 8.78 Å². The fourth-order valence-electron chi connectivity index (χ4n) is 2.30. The number of para-hydroxylation sites is 1. The van der Waals surface area contributed by atoms with E-state index in [-0.39, 0.29) is 11.7 Å². The quantitative estimate of drug-likeness (QED) is 0.850. The van der Waals surface area contributed by atoms with Crippen molar-refractivity contribution in [2.45, 2.75) is 26.3 Å². The van der Waals surface area contributed by atoms with Crippen molar-refractivity contribution < 1.29 is 13.5 Å². The third-order valence-corrected chi connectivity index (χ3v) is 3.50. The van der Waals surface area contributed by atoms with Crippen LogP contribution in [0.3, 0.4) is 0 Å². The maximum atomic E-state index is 14.0. The van der Waals surface area contributed by atoms with Crippen LogP contribution in [0, 0.1) is 18.6 Å². The van der Waals surface area contributed by atoms with Gasteiger partial charge in [0.15, 0.2) is 0 Å². The summed E-state index contributed by atoms with van der Waals surface area (Å²) in [6, 6.07) is 9.79. The van der Waals surface area contributed by atoms with E-state index in [1.807, 2.05) is 31.2 Å². The van der Waals surface area contributed by atoms with Crippen LogP contribution in [0.2, 0.25) is 0 Å². The molecule has 21 heavy (non-hydrogen) atoms. The normalized spacial score (nSPS) is 12.0. The molecule has 0 saturated carbocycles. The monoisotopic (exact) mass is 291 g/mol. The van der Waals surface area contributed by atoms with E-state index in [1.54, 1.807) is 14.0 Å². The van der Waals surface area contributed by atoms with Crippen LogP contribution in [0.5, 0.6) is 5.75 Å². The molecule has 0 fully saturated rings. The number of nitrogens with one attached hydrogen (secondary N) is 1. The largest absolute Gasteiger partial charge is 0.496 e. The van der Waals surface area contributed by atoms with Crippen LogP contribution in [-0.2, 0) is 0 Å². The van der Waals surface area contributed by atoms with Crippen LogP contribution >= 0.6 is 0 Å². The molecule has 1 N–H and O–H groups in total. The number of anilines is 1. The molecule has 0 aliphatic carbocycles. The lowest BCUT2D eigenvalue weighted by atomic mass is 10.0. The molecule has 1 unspecified atom stereocenters. The molecule has 0 amide bonds. The Labute approximate surface area is 123 Å². The summed E-state index contributed by atoms with van der Waals surface area (Å²) < 4.78 is 32.9. The minimum atomic E-state index is -0.456. The van der Waals surface area contributed by atoms with Gasteiger partial charge in [-0.15, -0.1) is 0 Å². The van der Waals surface area contributed by atoms with Crippen molar-refractivity contribution in [1.82, 2.24) is 0 Å². The van der Waals surface area contributed by atoms with Gasteiger partial charge in [-0.1, -0.05) is 25.1 Å². The van der Waals surface area contributed by atoms with Crippen LogP contribution < -0.4 is 10.1 Å². The lowest BCUT2D eigenvalue weighted by Crippen LogP contribution is -2.12. The summed E-state index contributed by atoms with van der Waals surface area (Å²) in [4.78, 5) is 0. The summed E-state index contributed by atoms with van der Waals surface area (Å²) in [6.45, 7) is 3.52. The van der Waals surface area contributed by atoms with Gasteiger partial charge >= 0.3 is 0 Å². The highest BCUT2D eigenvalue weighted by Crippen LogP contribution is 2.31.